The Hall–Kier alpha value is -3.15. The first kappa shape index (κ1) is 20.1. The summed E-state index contributed by atoms with van der Waals surface area (Å²) in [7, 11) is 1.68. The quantitative estimate of drug-likeness (QED) is 0.699. The molecule has 3 aromatic rings. The first-order chi connectivity index (χ1) is 14.5. The van der Waals surface area contributed by atoms with Crippen LogP contribution in [-0.4, -0.2) is 42.6 Å². The van der Waals surface area contributed by atoms with E-state index in [9.17, 15) is 4.79 Å². The second kappa shape index (κ2) is 8.69. The second-order valence-electron chi connectivity index (χ2n) is 7.98. The molecule has 6 nitrogen and oxygen atoms in total. The molecule has 1 saturated heterocycles. The fourth-order valence-electron chi connectivity index (χ4n) is 4.14. The molecule has 0 aliphatic carbocycles. The molecule has 1 aliphatic rings. The molecule has 30 heavy (non-hydrogen) atoms. The molecule has 3 heterocycles. The third kappa shape index (κ3) is 4.22. The van der Waals surface area contributed by atoms with Crippen LogP contribution in [0.1, 0.15) is 34.6 Å². The lowest BCUT2D eigenvalue weighted by Gasteiger charge is -2.34. The fraction of sp³-hybridized carbons (Fsp3) is 0.375. The number of pyridine rings is 2. The first-order valence-corrected chi connectivity index (χ1v) is 10.5. The number of piperidine rings is 1. The smallest absolute Gasteiger partial charge is 0.269 e. The van der Waals surface area contributed by atoms with Crippen LogP contribution in [-0.2, 0) is 0 Å². The number of methoxy groups -OCH3 is 1. The number of hydrogen-bond acceptors (Lipinski definition) is 5. The number of carbonyl (C=O) groups excluding carboxylic acids is 1. The van der Waals surface area contributed by atoms with Crippen molar-refractivity contribution in [3.63, 3.8) is 0 Å². The van der Waals surface area contributed by atoms with Gasteiger partial charge in [0, 0.05) is 30.7 Å². The number of ether oxygens (including phenoxy) is 1. The zero-order chi connectivity index (χ0) is 21.1. The molecule has 0 saturated carbocycles. The van der Waals surface area contributed by atoms with Gasteiger partial charge in [0.1, 0.15) is 22.8 Å². The zero-order valence-electron chi connectivity index (χ0n) is 17.8. The summed E-state index contributed by atoms with van der Waals surface area (Å²) in [5.74, 6) is 2.04. The number of nitrogens with zero attached hydrogens (tertiary/aromatic N) is 3. The molecular formula is C24H28N4O2. The average molecular weight is 405 g/mol. The number of amides is 1. The lowest BCUT2D eigenvalue weighted by Crippen LogP contribution is -2.41. The first-order valence-electron chi connectivity index (χ1n) is 10.5. The standard InChI is InChI=1S/C24H28N4O2/c1-16-13-22(27-23-19(16)9-5-11-21(23)30-3)28-12-6-8-18(15-28)14-25-24(29)20-10-4-7-17(2)26-20/h4-5,7,9-11,13,18H,6,8,12,14-15H2,1-3H3,(H,25,29). The van der Waals surface area contributed by atoms with Gasteiger partial charge in [-0.05, 0) is 62.4 Å². The third-order valence-corrected chi connectivity index (χ3v) is 5.73. The van der Waals surface area contributed by atoms with E-state index < -0.39 is 0 Å². The molecule has 2 aromatic heterocycles. The molecule has 1 amide bonds. The maximum absolute atomic E-state index is 12.4. The van der Waals surface area contributed by atoms with Crippen LogP contribution in [0, 0.1) is 19.8 Å². The van der Waals surface area contributed by atoms with Crippen molar-refractivity contribution in [2.24, 2.45) is 5.92 Å². The lowest BCUT2D eigenvalue weighted by atomic mass is 9.97. The molecule has 1 atom stereocenters. The molecule has 0 spiro atoms. The van der Waals surface area contributed by atoms with Gasteiger partial charge in [-0.25, -0.2) is 9.97 Å². The monoisotopic (exact) mass is 404 g/mol. The normalized spacial score (nSPS) is 16.5. The van der Waals surface area contributed by atoms with E-state index in [1.54, 1.807) is 13.2 Å². The van der Waals surface area contributed by atoms with Gasteiger partial charge in [0.25, 0.3) is 5.91 Å². The van der Waals surface area contributed by atoms with Crippen LogP contribution in [0.2, 0.25) is 0 Å². The van der Waals surface area contributed by atoms with E-state index >= 15 is 0 Å². The largest absolute Gasteiger partial charge is 0.494 e. The van der Waals surface area contributed by atoms with Crippen molar-refractivity contribution < 1.29 is 9.53 Å². The number of rotatable bonds is 5. The molecular weight excluding hydrogens is 376 g/mol. The maximum Gasteiger partial charge on any atom is 0.269 e. The van der Waals surface area contributed by atoms with E-state index in [0.717, 1.165) is 54.1 Å². The minimum Gasteiger partial charge on any atom is -0.494 e. The Kier molecular flexibility index (Phi) is 5.84. The highest BCUT2D eigenvalue weighted by molar-refractivity contribution is 5.92. The molecule has 6 heteroatoms. The van der Waals surface area contributed by atoms with Crippen molar-refractivity contribution in [1.29, 1.82) is 0 Å². The summed E-state index contributed by atoms with van der Waals surface area (Å²) in [5.41, 5.74) is 3.41. The summed E-state index contributed by atoms with van der Waals surface area (Å²) < 4.78 is 5.53. The van der Waals surface area contributed by atoms with E-state index in [4.69, 9.17) is 9.72 Å². The van der Waals surface area contributed by atoms with Crippen LogP contribution in [0.5, 0.6) is 5.75 Å². The van der Waals surface area contributed by atoms with Gasteiger partial charge in [0.15, 0.2) is 0 Å². The van der Waals surface area contributed by atoms with Gasteiger partial charge < -0.3 is 15.0 Å². The van der Waals surface area contributed by atoms with Crippen LogP contribution in [0.4, 0.5) is 5.82 Å². The Morgan fingerprint density at radius 3 is 2.83 bits per heavy atom. The van der Waals surface area contributed by atoms with E-state index in [0.29, 0.717) is 18.2 Å². The maximum atomic E-state index is 12.4. The van der Waals surface area contributed by atoms with Gasteiger partial charge in [-0.15, -0.1) is 0 Å². The molecule has 4 rings (SSSR count). The van der Waals surface area contributed by atoms with E-state index in [-0.39, 0.29) is 5.91 Å². The van der Waals surface area contributed by atoms with Crippen molar-refractivity contribution in [1.82, 2.24) is 15.3 Å². The minimum absolute atomic E-state index is 0.111. The van der Waals surface area contributed by atoms with Gasteiger partial charge in [-0.2, -0.15) is 0 Å². The number of nitrogens with one attached hydrogen (secondary N) is 1. The highest BCUT2D eigenvalue weighted by Gasteiger charge is 2.23. The van der Waals surface area contributed by atoms with Crippen molar-refractivity contribution in [2.45, 2.75) is 26.7 Å². The van der Waals surface area contributed by atoms with Crippen LogP contribution in [0.25, 0.3) is 10.9 Å². The summed E-state index contributed by atoms with van der Waals surface area (Å²) >= 11 is 0. The molecule has 0 radical (unpaired) electrons. The van der Waals surface area contributed by atoms with Crippen LogP contribution in [0.15, 0.2) is 42.5 Å². The molecule has 1 aromatic carbocycles. The molecule has 0 bridgehead atoms. The number of benzene rings is 1. The summed E-state index contributed by atoms with van der Waals surface area (Å²) in [5, 5.41) is 4.17. The van der Waals surface area contributed by atoms with Crippen LogP contribution < -0.4 is 15.0 Å². The highest BCUT2D eigenvalue weighted by atomic mass is 16.5. The predicted molar refractivity (Wildman–Crippen MR) is 119 cm³/mol. The van der Waals surface area contributed by atoms with Crippen LogP contribution >= 0.6 is 0 Å². The van der Waals surface area contributed by atoms with E-state index in [1.807, 2.05) is 31.2 Å². The number of hydrogen-bond donors (Lipinski definition) is 1. The molecule has 1 aliphatic heterocycles. The highest BCUT2D eigenvalue weighted by Crippen LogP contribution is 2.30. The van der Waals surface area contributed by atoms with Crippen molar-refractivity contribution in [2.75, 3.05) is 31.6 Å². The van der Waals surface area contributed by atoms with Crippen molar-refractivity contribution >= 4 is 22.6 Å². The number of fused-ring (bicyclic) bond motifs is 1. The van der Waals surface area contributed by atoms with Gasteiger partial charge in [0.2, 0.25) is 0 Å². The number of carbonyl (C=O) groups is 1. The minimum atomic E-state index is -0.111. The Morgan fingerprint density at radius 1 is 1.20 bits per heavy atom. The Balaban J connectivity index is 1.47. The predicted octanol–water partition coefficient (Wildman–Crippen LogP) is 3.90. The van der Waals surface area contributed by atoms with Gasteiger partial charge in [0.05, 0.1) is 7.11 Å². The van der Waals surface area contributed by atoms with Gasteiger partial charge in [-0.1, -0.05) is 18.2 Å². The van der Waals surface area contributed by atoms with Crippen LogP contribution in [0.3, 0.4) is 0 Å². The number of anilines is 1. The molecule has 1 N–H and O–H groups in total. The van der Waals surface area contributed by atoms with Gasteiger partial charge in [-0.3, -0.25) is 4.79 Å². The summed E-state index contributed by atoms with van der Waals surface area (Å²) in [6, 6.07) is 13.7. The summed E-state index contributed by atoms with van der Waals surface area (Å²) in [6.45, 7) is 6.49. The zero-order valence-corrected chi connectivity index (χ0v) is 17.8. The third-order valence-electron chi connectivity index (χ3n) is 5.73. The summed E-state index contributed by atoms with van der Waals surface area (Å²) in [4.78, 5) is 24.0. The Bertz CT molecular complexity index is 1070. The summed E-state index contributed by atoms with van der Waals surface area (Å²) in [6.07, 6.45) is 2.17. The molecule has 1 fully saturated rings. The molecule has 156 valence electrons. The SMILES string of the molecule is COc1cccc2c(C)cc(N3CCCC(CNC(=O)c4cccc(C)n4)C3)nc12. The fourth-order valence-corrected chi connectivity index (χ4v) is 4.14. The second-order valence-corrected chi connectivity index (χ2v) is 7.98. The molecule has 1 unspecified atom stereocenters. The van der Waals surface area contributed by atoms with E-state index in [1.165, 1.54) is 5.56 Å². The Labute approximate surface area is 177 Å². The number of para-hydroxylation sites is 1. The number of aromatic nitrogens is 2. The lowest BCUT2D eigenvalue weighted by molar-refractivity contribution is 0.0940. The average Bonchev–Trinajstić information content (AvgIpc) is 2.77. The van der Waals surface area contributed by atoms with Crippen molar-refractivity contribution in [3.05, 3.63) is 59.4 Å². The Morgan fingerprint density at radius 2 is 2.03 bits per heavy atom. The van der Waals surface area contributed by atoms with E-state index in [2.05, 4.69) is 34.3 Å². The topological polar surface area (TPSA) is 67.3 Å². The van der Waals surface area contributed by atoms with Gasteiger partial charge >= 0.3 is 0 Å². The number of aryl methyl sites for hydroxylation is 2. The van der Waals surface area contributed by atoms with Crippen molar-refractivity contribution in [3.8, 4) is 5.75 Å².